The Morgan fingerprint density at radius 3 is 2.54 bits per heavy atom. The van der Waals surface area contributed by atoms with Gasteiger partial charge in [-0.05, 0) is 39.2 Å². The van der Waals surface area contributed by atoms with Crippen molar-refractivity contribution < 1.29 is 14.1 Å². The smallest absolute Gasteiger partial charge is 0.247 e. The third-order valence-electron chi connectivity index (χ3n) is 3.64. The van der Waals surface area contributed by atoms with Gasteiger partial charge in [0.2, 0.25) is 11.8 Å². The van der Waals surface area contributed by atoms with Gasteiger partial charge in [-0.15, -0.1) is 0 Å². The number of aromatic nitrogens is 1. The summed E-state index contributed by atoms with van der Waals surface area (Å²) in [4.78, 5) is 23.9. The van der Waals surface area contributed by atoms with Crippen LogP contribution in [0.3, 0.4) is 0 Å². The molecular weight excluding hydrogens is 306 g/mol. The van der Waals surface area contributed by atoms with Crippen molar-refractivity contribution in [2.45, 2.75) is 46.1 Å². The van der Waals surface area contributed by atoms with Gasteiger partial charge in [0.05, 0.1) is 0 Å². The van der Waals surface area contributed by atoms with Crippen molar-refractivity contribution in [2.24, 2.45) is 0 Å². The van der Waals surface area contributed by atoms with Gasteiger partial charge in [-0.25, -0.2) is 0 Å². The van der Waals surface area contributed by atoms with Gasteiger partial charge in [-0.3, -0.25) is 9.59 Å². The summed E-state index contributed by atoms with van der Waals surface area (Å²) in [6.45, 7) is 5.42. The molecule has 0 radical (unpaired) electrons. The van der Waals surface area contributed by atoms with Crippen molar-refractivity contribution in [3.63, 3.8) is 0 Å². The van der Waals surface area contributed by atoms with Crippen LogP contribution in [0, 0.1) is 13.8 Å². The van der Waals surface area contributed by atoms with E-state index in [4.69, 9.17) is 4.52 Å². The Bertz CT molecular complexity index is 692. The predicted octanol–water partition coefficient (Wildman–Crippen LogP) is 2.76. The molecular formula is C18H23N3O3. The second-order valence-electron chi connectivity index (χ2n) is 5.94. The molecule has 24 heavy (non-hydrogen) atoms. The Morgan fingerprint density at radius 2 is 1.92 bits per heavy atom. The number of anilines is 1. The normalized spacial score (nSPS) is 11.8. The van der Waals surface area contributed by atoms with E-state index in [1.807, 2.05) is 6.92 Å². The van der Waals surface area contributed by atoms with Gasteiger partial charge in [-0.1, -0.05) is 35.0 Å². The molecule has 1 heterocycles. The number of aryl methyl sites for hydroxylation is 3. The summed E-state index contributed by atoms with van der Waals surface area (Å²) in [6.07, 6.45) is 1.97. The average Bonchev–Trinajstić information content (AvgIpc) is 2.94. The first-order chi connectivity index (χ1) is 11.4. The molecule has 0 unspecified atom stereocenters. The monoisotopic (exact) mass is 329 g/mol. The Hall–Kier alpha value is -2.63. The molecule has 2 rings (SSSR count). The third-order valence-corrected chi connectivity index (χ3v) is 3.64. The minimum Gasteiger partial charge on any atom is -0.360 e. The Labute approximate surface area is 141 Å². The molecule has 2 amide bonds. The van der Waals surface area contributed by atoms with Gasteiger partial charge in [0.15, 0.2) is 5.82 Å². The van der Waals surface area contributed by atoms with Crippen LogP contribution in [0.4, 0.5) is 5.82 Å². The summed E-state index contributed by atoms with van der Waals surface area (Å²) < 4.78 is 4.88. The van der Waals surface area contributed by atoms with Crippen LogP contribution < -0.4 is 10.6 Å². The summed E-state index contributed by atoms with van der Waals surface area (Å²) in [7, 11) is 0. The van der Waals surface area contributed by atoms with Crippen molar-refractivity contribution in [2.75, 3.05) is 5.32 Å². The molecule has 0 aliphatic heterocycles. The second-order valence-corrected chi connectivity index (χ2v) is 5.94. The van der Waals surface area contributed by atoms with Crippen LogP contribution in [0.1, 0.15) is 36.7 Å². The molecule has 0 saturated carbocycles. The highest BCUT2D eigenvalue weighted by molar-refractivity contribution is 5.96. The minimum absolute atomic E-state index is 0.138. The molecule has 0 aliphatic carbocycles. The molecule has 128 valence electrons. The molecule has 2 aromatic rings. The quantitative estimate of drug-likeness (QED) is 0.818. The van der Waals surface area contributed by atoms with Crippen LogP contribution in [0.25, 0.3) is 0 Å². The average molecular weight is 329 g/mol. The van der Waals surface area contributed by atoms with E-state index in [1.54, 1.807) is 19.9 Å². The Kier molecular flexibility index (Phi) is 6.12. The van der Waals surface area contributed by atoms with Crippen molar-refractivity contribution in [3.05, 3.63) is 47.2 Å². The van der Waals surface area contributed by atoms with E-state index in [0.717, 1.165) is 12.8 Å². The maximum atomic E-state index is 12.0. The minimum atomic E-state index is -0.631. The van der Waals surface area contributed by atoms with E-state index in [1.165, 1.54) is 11.1 Å². The number of rotatable bonds is 7. The topological polar surface area (TPSA) is 84.2 Å². The first-order valence-corrected chi connectivity index (χ1v) is 8.03. The molecule has 0 saturated heterocycles. The van der Waals surface area contributed by atoms with Crippen molar-refractivity contribution in [1.29, 1.82) is 0 Å². The number of carbonyl (C=O) groups is 2. The lowest BCUT2D eigenvalue weighted by molar-refractivity contribution is -0.126. The van der Waals surface area contributed by atoms with E-state index in [2.05, 4.69) is 40.1 Å². The standard InChI is InChI=1S/C18H23N3O3/c1-12-7-9-15(10-8-12)5-4-6-17(22)19-14(3)18(23)20-16-11-13(2)24-21-16/h7-11,14H,4-6H2,1-3H3,(H,19,22)(H,20,21,23)/t14-/m0/s1. The fraction of sp³-hybridized carbons (Fsp3) is 0.389. The highest BCUT2D eigenvalue weighted by Crippen LogP contribution is 2.08. The van der Waals surface area contributed by atoms with Crippen molar-refractivity contribution in [1.82, 2.24) is 10.5 Å². The third kappa shape index (κ3) is 5.53. The number of benzene rings is 1. The van der Waals surface area contributed by atoms with Crippen LogP contribution in [-0.4, -0.2) is 23.0 Å². The molecule has 1 aromatic carbocycles. The van der Waals surface area contributed by atoms with Gasteiger partial charge in [-0.2, -0.15) is 0 Å². The van der Waals surface area contributed by atoms with E-state index in [0.29, 0.717) is 18.0 Å². The zero-order valence-corrected chi connectivity index (χ0v) is 14.3. The zero-order chi connectivity index (χ0) is 17.5. The van der Waals surface area contributed by atoms with E-state index >= 15 is 0 Å². The maximum absolute atomic E-state index is 12.0. The van der Waals surface area contributed by atoms with Crippen LogP contribution in [-0.2, 0) is 16.0 Å². The lowest BCUT2D eigenvalue weighted by Crippen LogP contribution is -2.41. The van der Waals surface area contributed by atoms with Crippen LogP contribution in [0.2, 0.25) is 0 Å². The largest absolute Gasteiger partial charge is 0.360 e. The fourth-order valence-corrected chi connectivity index (χ4v) is 2.25. The number of amides is 2. The zero-order valence-electron chi connectivity index (χ0n) is 14.3. The summed E-state index contributed by atoms with van der Waals surface area (Å²) in [5.74, 6) is 0.493. The number of carbonyl (C=O) groups excluding carboxylic acids is 2. The Morgan fingerprint density at radius 1 is 1.21 bits per heavy atom. The first-order valence-electron chi connectivity index (χ1n) is 8.03. The second kappa shape index (κ2) is 8.29. The summed E-state index contributed by atoms with van der Waals surface area (Å²) in [5, 5.41) is 8.98. The van der Waals surface area contributed by atoms with Gasteiger partial charge >= 0.3 is 0 Å². The van der Waals surface area contributed by atoms with Crippen LogP contribution >= 0.6 is 0 Å². The SMILES string of the molecule is Cc1ccc(CCCC(=O)N[C@@H](C)C(=O)Nc2cc(C)on2)cc1. The van der Waals surface area contributed by atoms with Crippen LogP contribution in [0.5, 0.6) is 0 Å². The fourth-order valence-electron chi connectivity index (χ4n) is 2.25. The van der Waals surface area contributed by atoms with Gasteiger partial charge < -0.3 is 15.2 Å². The lowest BCUT2D eigenvalue weighted by Gasteiger charge is -2.12. The molecule has 0 bridgehead atoms. The molecule has 0 spiro atoms. The molecule has 0 aliphatic rings. The van der Waals surface area contributed by atoms with Crippen LogP contribution in [0.15, 0.2) is 34.9 Å². The molecule has 1 aromatic heterocycles. The maximum Gasteiger partial charge on any atom is 0.247 e. The number of hydrogen-bond acceptors (Lipinski definition) is 4. The van der Waals surface area contributed by atoms with Crippen molar-refractivity contribution in [3.8, 4) is 0 Å². The van der Waals surface area contributed by atoms with E-state index in [9.17, 15) is 9.59 Å². The number of nitrogens with one attached hydrogen (secondary N) is 2. The van der Waals surface area contributed by atoms with E-state index < -0.39 is 6.04 Å². The predicted molar refractivity (Wildman–Crippen MR) is 91.6 cm³/mol. The van der Waals surface area contributed by atoms with Gasteiger partial charge in [0.1, 0.15) is 11.8 Å². The molecule has 0 fully saturated rings. The van der Waals surface area contributed by atoms with Gasteiger partial charge in [0.25, 0.3) is 0 Å². The van der Waals surface area contributed by atoms with E-state index in [-0.39, 0.29) is 11.8 Å². The first kappa shape index (κ1) is 17.7. The lowest BCUT2D eigenvalue weighted by atomic mass is 10.1. The molecule has 1 atom stereocenters. The molecule has 6 heteroatoms. The molecule has 2 N–H and O–H groups in total. The summed E-state index contributed by atoms with van der Waals surface area (Å²) in [5.41, 5.74) is 2.43. The summed E-state index contributed by atoms with van der Waals surface area (Å²) >= 11 is 0. The van der Waals surface area contributed by atoms with Gasteiger partial charge in [0, 0.05) is 12.5 Å². The Balaban J connectivity index is 1.70. The van der Waals surface area contributed by atoms with Crippen molar-refractivity contribution >= 4 is 17.6 Å². The highest BCUT2D eigenvalue weighted by atomic mass is 16.5. The molecule has 6 nitrogen and oxygen atoms in total. The summed E-state index contributed by atoms with van der Waals surface area (Å²) in [6, 6.07) is 9.26. The number of hydrogen-bond donors (Lipinski definition) is 2. The number of nitrogens with zero attached hydrogens (tertiary/aromatic N) is 1. The highest BCUT2D eigenvalue weighted by Gasteiger charge is 2.16.